The normalized spacial score (nSPS) is 13.6. The van der Waals surface area contributed by atoms with Crippen LogP contribution in [0.5, 0.6) is 11.5 Å². The Morgan fingerprint density at radius 1 is 1.08 bits per heavy atom. The number of amides is 2. The molecular weight excluding hydrogens is 473 g/mol. The Bertz CT molecular complexity index is 1410. The molecule has 0 bridgehead atoms. The van der Waals surface area contributed by atoms with Crippen molar-refractivity contribution in [2.45, 2.75) is 26.3 Å². The number of nitrogens with zero attached hydrogens (tertiary/aromatic N) is 1. The molecule has 2 aromatic carbocycles. The summed E-state index contributed by atoms with van der Waals surface area (Å²) in [6.07, 6.45) is 4.58. The molecule has 0 atom stereocenters. The molecule has 0 unspecified atom stereocenters. The lowest BCUT2D eigenvalue weighted by atomic mass is 9.99. The van der Waals surface area contributed by atoms with Crippen molar-refractivity contribution in [2.24, 2.45) is 12.8 Å². The molecule has 0 aliphatic heterocycles. The Morgan fingerprint density at radius 3 is 2.38 bits per heavy atom. The van der Waals surface area contributed by atoms with E-state index in [4.69, 9.17) is 15.2 Å². The standard InChI is InChI=1S/C29H30FN3O4/c1-17-21(9-7-18-12-25(36-3)28(29(31)35)26(13-18)37-4)22-10-8-19(30)14-24(22)23(17)15-27(34)32-16-20-6-5-11-33(20)2/h5-6,8-14H,7,15-16H2,1-4H3,(H2,31,35)(H,32,34)/b21-9-. The lowest BCUT2D eigenvalue weighted by Gasteiger charge is -2.13. The van der Waals surface area contributed by atoms with Crippen molar-refractivity contribution in [1.29, 1.82) is 0 Å². The minimum absolute atomic E-state index is 0.136. The van der Waals surface area contributed by atoms with Gasteiger partial charge in [-0.25, -0.2) is 4.39 Å². The second kappa shape index (κ2) is 10.7. The van der Waals surface area contributed by atoms with Gasteiger partial charge < -0.3 is 25.1 Å². The number of halogens is 1. The molecule has 0 radical (unpaired) electrons. The number of aryl methyl sites for hydroxylation is 1. The molecule has 0 fully saturated rings. The third-order valence-electron chi connectivity index (χ3n) is 6.66. The zero-order valence-corrected chi connectivity index (χ0v) is 21.4. The molecule has 0 saturated carbocycles. The van der Waals surface area contributed by atoms with Crippen LogP contribution in [0.1, 0.15) is 46.1 Å². The lowest BCUT2D eigenvalue weighted by molar-refractivity contribution is -0.120. The summed E-state index contributed by atoms with van der Waals surface area (Å²) in [6, 6.07) is 12.0. The predicted molar refractivity (Wildman–Crippen MR) is 141 cm³/mol. The van der Waals surface area contributed by atoms with E-state index >= 15 is 0 Å². The van der Waals surface area contributed by atoms with Crippen molar-refractivity contribution in [3.05, 3.63) is 94.1 Å². The van der Waals surface area contributed by atoms with Gasteiger partial charge in [0.25, 0.3) is 5.91 Å². The molecule has 192 valence electrons. The van der Waals surface area contributed by atoms with Crippen LogP contribution < -0.4 is 20.5 Å². The van der Waals surface area contributed by atoms with Crippen LogP contribution in [0.2, 0.25) is 0 Å². The van der Waals surface area contributed by atoms with Crippen molar-refractivity contribution in [3.63, 3.8) is 0 Å². The minimum Gasteiger partial charge on any atom is -0.496 e. The SMILES string of the molecule is COc1cc(C/C=C2/C(C)=C(CC(=O)NCc3cccn3C)c3cc(F)ccc32)cc(OC)c1C(N)=O. The van der Waals surface area contributed by atoms with Gasteiger partial charge in [-0.2, -0.15) is 0 Å². The lowest BCUT2D eigenvalue weighted by Crippen LogP contribution is -2.23. The monoisotopic (exact) mass is 503 g/mol. The minimum atomic E-state index is -0.640. The number of primary amides is 1. The first-order chi connectivity index (χ1) is 17.7. The second-order valence-electron chi connectivity index (χ2n) is 8.92. The van der Waals surface area contributed by atoms with Gasteiger partial charge in [-0.15, -0.1) is 0 Å². The summed E-state index contributed by atoms with van der Waals surface area (Å²) in [5.41, 5.74) is 11.8. The van der Waals surface area contributed by atoms with Crippen molar-refractivity contribution in [1.82, 2.24) is 9.88 Å². The molecule has 0 saturated heterocycles. The number of allylic oxidation sites excluding steroid dienone is 3. The van der Waals surface area contributed by atoms with Gasteiger partial charge in [-0.05, 0) is 83.2 Å². The highest BCUT2D eigenvalue weighted by Crippen LogP contribution is 2.43. The molecule has 1 heterocycles. The van der Waals surface area contributed by atoms with E-state index < -0.39 is 5.91 Å². The molecular formula is C29H30FN3O4. The molecule has 2 amide bonds. The second-order valence-corrected chi connectivity index (χ2v) is 8.92. The summed E-state index contributed by atoms with van der Waals surface area (Å²) in [5, 5.41) is 2.96. The zero-order chi connectivity index (χ0) is 26.7. The zero-order valence-electron chi connectivity index (χ0n) is 21.4. The molecule has 8 heteroatoms. The number of carbonyl (C=O) groups excluding carboxylic acids is 2. The summed E-state index contributed by atoms with van der Waals surface area (Å²) >= 11 is 0. The fraction of sp³-hybridized carbons (Fsp3) is 0.241. The Hall–Kier alpha value is -4.33. The first-order valence-corrected chi connectivity index (χ1v) is 11.9. The maximum absolute atomic E-state index is 14.2. The van der Waals surface area contributed by atoms with Gasteiger partial charge in [0.05, 0.1) is 27.2 Å². The molecule has 1 aromatic heterocycles. The van der Waals surface area contributed by atoms with Crippen LogP contribution in [0.3, 0.4) is 0 Å². The molecule has 7 nitrogen and oxygen atoms in total. The van der Waals surface area contributed by atoms with Crippen LogP contribution in [0.15, 0.2) is 60.3 Å². The summed E-state index contributed by atoms with van der Waals surface area (Å²) in [6.45, 7) is 2.36. The topological polar surface area (TPSA) is 95.6 Å². The molecule has 4 rings (SSSR count). The van der Waals surface area contributed by atoms with E-state index in [2.05, 4.69) is 5.32 Å². The highest BCUT2D eigenvalue weighted by molar-refractivity contribution is 6.04. The number of hydrogen-bond donors (Lipinski definition) is 2. The maximum Gasteiger partial charge on any atom is 0.256 e. The Balaban J connectivity index is 1.63. The number of fused-ring (bicyclic) bond motifs is 1. The van der Waals surface area contributed by atoms with E-state index in [0.717, 1.165) is 39.1 Å². The number of carbonyl (C=O) groups is 2. The Morgan fingerprint density at radius 2 is 1.78 bits per heavy atom. The molecule has 3 N–H and O–H groups in total. The van der Waals surface area contributed by atoms with Crippen LogP contribution in [0.25, 0.3) is 11.1 Å². The van der Waals surface area contributed by atoms with Gasteiger partial charge in [0.1, 0.15) is 22.9 Å². The summed E-state index contributed by atoms with van der Waals surface area (Å²) in [5.74, 6) is -0.470. The third kappa shape index (κ3) is 5.28. The van der Waals surface area contributed by atoms with Gasteiger partial charge >= 0.3 is 0 Å². The highest BCUT2D eigenvalue weighted by Gasteiger charge is 2.26. The number of aromatic nitrogens is 1. The number of nitrogens with two attached hydrogens (primary N) is 1. The predicted octanol–water partition coefficient (Wildman–Crippen LogP) is 4.40. The molecule has 3 aromatic rings. The average molecular weight is 504 g/mol. The smallest absolute Gasteiger partial charge is 0.256 e. The summed E-state index contributed by atoms with van der Waals surface area (Å²) < 4.78 is 26.9. The van der Waals surface area contributed by atoms with E-state index in [1.165, 1.54) is 26.4 Å². The number of rotatable bonds is 9. The quantitative estimate of drug-likeness (QED) is 0.453. The molecule has 1 aliphatic carbocycles. The number of hydrogen-bond acceptors (Lipinski definition) is 4. The van der Waals surface area contributed by atoms with Crippen molar-refractivity contribution in [2.75, 3.05) is 14.2 Å². The number of benzene rings is 2. The van der Waals surface area contributed by atoms with Gasteiger partial charge in [-0.1, -0.05) is 12.1 Å². The van der Waals surface area contributed by atoms with Gasteiger partial charge in [-0.3, -0.25) is 9.59 Å². The molecule has 37 heavy (non-hydrogen) atoms. The molecule has 1 aliphatic rings. The van der Waals surface area contributed by atoms with Crippen LogP contribution in [0, 0.1) is 5.82 Å². The highest BCUT2D eigenvalue weighted by atomic mass is 19.1. The van der Waals surface area contributed by atoms with Gasteiger partial charge in [0.15, 0.2) is 0 Å². The van der Waals surface area contributed by atoms with E-state index in [-0.39, 0.29) is 23.7 Å². The van der Waals surface area contributed by atoms with E-state index in [1.54, 1.807) is 18.2 Å². The fourth-order valence-corrected chi connectivity index (χ4v) is 4.70. The first kappa shape index (κ1) is 25.8. The van der Waals surface area contributed by atoms with E-state index in [9.17, 15) is 14.0 Å². The summed E-state index contributed by atoms with van der Waals surface area (Å²) in [7, 11) is 4.86. The van der Waals surface area contributed by atoms with Crippen LogP contribution >= 0.6 is 0 Å². The Labute approximate surface area is 215 Å². The van der Waals surface area contributed by atoms with Gasteiger partial charge in [0.2, 0.25) is 5.91 Å². The number of methoxy groups -OCH3 is 2. The summed E-state index contributed by atoms with van der Waals surface area (Å²) in [4.78, 5) is 24.7. The van der Waals surface area contributed by atoms with E-state index in [0.29, 0.717) is 24.5 Å². The first-order valence-electron chi connectivity index (χ1n) is 11.9. The number of ether oxygens (including phenoxy) is 2. The van der Waals surface area contributed by atoms with Crippen molar-refractivity contribution >= 4 is 23.0 Å². The average Bonchev–Trinajstić information content (AvgIpc) is 3.40. The third-order valence-corrected chi connectivity index (χ3v) is 6.66. The fourth-order valence-electron chi connectivity index (χ4n) is 4.70. The van der Waals surface area contributed by atoms with Gasteiger partial charge in [0, 0.05) is 18.9 Å². The maximum atomic E-state index is 14.2. The van der Waals surface area contributed by atoms with Crippen molar-refractivity contribution in [3.8, 4) is 11.5 Å². The van der Waals surface area contributed by atoms with Crippen LogP contribution in [-0.2, 0) is 24.8 Å². The number of nitrogens with one attached hydrogen (secondary N) is 1. The Kier molecular flexibility index (Phi) is 7.47. The largest absolute Gasteiger partial charge is 0.496 e. The van der Waals surface area contributed by atoms with Crippen molar-refractivity contribution < 1.29 is 23.5 Å². The van der Waals surface area contributed by atoms with E-state index in [1.807, 2.05) is 42.9 Å². The van der Waals surface area contributed by atoms with Crippen LogP contribution in [0.4, 0.5) is 4.39 Å². The van der Waals surface area contributed by atoms with Crippen LogP contribution in [-0.4, -0.2) is 30.6 Å². The molecule has 0 spiro atoms.